The van der Waals surface area contributed by atoms with Crippen LogP contribution in [0.5, 0.6) is 0 Å². The molecule has 0 fully saturated rings. The van der Waals surface area contributed by atoms with Crippen LogP contribution in [0.25, 0.3) is 88.1 Å². The molecule has 3 aromatic heterocycles. The molecular formula is C48H29NO3. The number of rotatable bonds is 5. The van der Waals surface area contributed by atoms with E-state index in [2.05, 4.69) is 157 Å². The van der Waals surface area contributed by atoms with Crippen LogP contribution in [0.3, 0.4) is 0 Å². The van der Waals surface area contributed by atoms with Crippen molar-refractivity contribution in [3.8, 4) is 22.3 Å². The first-order valence-electron chi connectivity index (χ1n) is 17.5. The Kier molecular flexibility index (Phi) is 6.22. The molecule has 0 N–H and O–H groups in total. The molecule has 0 aliphatic carbocycles. The number of hydrogen-bond acceptors (Lipinski definition) is 4. The molecule has 0 saturated heterocycles. The summed E-state index contributed by atoms with van der Waals surface area (Å²) in [4.78, 5) is 2.26. The van der Waals surface area contributed by atoms with Gasteiger partial charge in [-0.05, 0) is 48.0 Å². The molecule has 0 radical (unpaired) electrons. The molecule has 0 amide bonds. The monoisotopic (exact) mass is 667 g/mol. The quantitative estimate of drug-likeness (QED) is 0.183. The van der Waals surface area contributed by atoms with Crippen molar-refractivity contribution in [1.29, 1.82) is 0 Å². The summed E-state index contributed by atoms with van der Waals surface area (Å²) in [5.74, 6) is 0. The van der Waals surface area contributed by atoms with Gasteiger partial charge in [-0.2, -0.15) is 0 Å². The highest BCUT2D eigenvalue weighted by molar-refractivity contribution is 6.21. The normalized spacial score (nSPS) is 11.8. The fraction of sp³-hybridized carbons (Fsp3) is 0. The molecule has 4 nitrogen and oxygen atoms in total. The molecule has 3 heterocycles. The van der Waals surface area contributed by atoms with Crippen LogP contribution in [0, 0.1) is 0 Å². The van der Waals surface area contributed by atoms with Gasteiger partial charge in [-0.25, -0.2) is 0 Å². The Labute approximate surface area is 298 Å². The van der Waals surface area contributed by atoms with Gasteiger partial charge in [0.05, 0.1) is 5.69 Å². The van der Waals surface area contributed by atoms with Gasteiger partial charge in [0.25, 0.3) is 0 Å². The summed E-state index contributed by atoms with van der Waals surface area (Å²) in [5, 5.41) is 6.44. The largest absolute Gasteiger partial charge is 0.455 e. The Morgan fingerprint density at radius 3 is 1.44 bits per heavy atom. The second kappa shape index (κ2) is 11.2. The summed E-state index contributed by atoms with van der Waals surface area (Å²) < 4.78 is 20.2. The standard InChI is InChI=1S/C48H29NO3/c1-3-14-30(15-4-1)49(31-16-5-2-6-17-31)41-27-12-25-39-38-23-10-21-35(46(38)52-48(39)41)33-19-13-29-43-44(33)40-26-11-24-37(47(40)51-43)36-22-9-20-34-32-18-7-8-28-42(32)50-45(34)36/h1-29H. The third-order valence-corrected chi connectivity index (χ3v) is 10.3. The molecule has 11 rings (SSSR count). The maximum absolute atomic E-state index is 7.02. The van der Waals surface area contributed by atoms with E-state index in [1.165, 1.54) is 0 Å². The van der Waals surface area contributed by atoms with E-state index in [9.17, 15) is 0 Å². The molecule has 4 heteroatoms. The van der Waals surface area contributed by atoms with Crippen LogP contribution in [-0.4, -0.2) is 0 Å². The molecule has 52 heavy (non-hydrogen) atoms. The van der Waals surface area contributed by atoms with Gasteiger partial charge in [0.15, 0.2) is 5.58 Å². The second-order valence-corrected chi connectivity index (χ2v) is 13.2. The first-order valence-corrected chi connectivity index (χ1v) is 17.5. The Morgan fingerprint density at radius 2 is 0.731 bits per heavy atom. The van der Waals surface area contributed by atoms with E-state index in [4.69, 9.17) is 13.3 Å². The summed E-state index contributed by atoms with van der Waals surface area (Å²) in [6.07, 6.45) is 0. The van der Waals surface area contributed by atoms with Gasteiger partial charge in [0.1, 0.15) is 27.9 Å². The molecule has 0 spiro atoms. The Morgan fingerprint density at radius 1 is 0.288 bits per heavy atom. The van der Waals surface area contributed by atoms with Crippen LogP contribution in [0.15, 0.2) is 189 Å². The van der Waals surface area contributed by atoms with Gasteiger partial charge in [-0.15, -0.1) is 0 Å². The summed E-state index contributed by atoms with van der Waals surface area (Å²) in [7, 11) is 0. The van der Waals surface area contributed by atoms with Gasteiger partial charge < -0.3 is 18.2 Å². The molecule has 0 aliphatic rings. The van der Waals surface area contributed by atoms with Gasteiger partial charge >= 0.3 is 0 Å². The maximum atomic E-state index is 7.02. The Bertz CT molecular complexity index is 3090. The Hall–Kier alpha value is -7.04. The predicted molar refractivity (Wildman–Crippen MR) is 214 cm³/mol. The van der Waals surface area contributed by atoms with E-state index in [1.54, 1.807) is 0 Å². The van der Waals surface area contributed by atoms with E-state index < -0.39 is 0 Å². The molecule has 0 bridgehead atoms. The summed E-state index contributed by atoms with van der Waals surface area (Å²) in [6.45, 7) is 0. The highest BCUT2D eigenvalue weighted by atomic mass is 16.3. The smallest absolute Gasteiger partial charge is 0.159 e. The van der Waals surface area contributed by atoms with Crippen molar-refractivity contribution in [3.05, 3.63) is 176 Å². The number of para-hydroxylation sites is 7. The lowest BCUT2D eigenvalue weighted by Gasteiger charge is -2.25. The molecule has 0 atom stereocenters. The summed E-state index contributed by atoms with van der Waals surface area (Å²) >= 11 is 0. The molecule has 244 valence electrons. The van der Waals surface area contributed by atoms with Crippen molar-refractivity contribution in [2.75, 3.05) is 4.90 Å². The highest BCUT2D eigenvalue weighted by Crippen LogP contribution is 2.47. The molecule has 0 saturated carbocycles. The van der Waals surface area contributed by atoms with Crippen molar-refractivity contribution >= 4 is 82.9 Å². The van der Waals surface area contributed by atoms with E-state index in [-0.39, 0.29) is 0 Å². The third-order valence-electron chi connectivity index (χ3n) is 10.3. The van der Waals surface area contributed by atoms with Gasteiger partial charge in [-0.1, -0.05) is 133 Å². The number of nitrogens with zero attached hydrogens (tertiary/aromatic N) is 1. The fourth-order valence-corrected chi connectivity index (χ4v) is 8.02. The zero-order valence-electron chi connectivity index (χ0n) is 27.9. The van der Waals surface area contributed by atoms with Crippen LogP contribution in [0.4, 0.5) is 17.1 Å². The lowest BCUT2D eigenvalue weighted by Crippen LogP contribution is -2.09. The van der Waals surface area contributed by atoms with Crippen LogP contribution >= 0.6 is 0 Å². The van der Waals surface area contributed by atoms with E-state index in [0.29, 0.717) is 0 Å². The van der Waals surface area contributed by atoms with Crippen LogP contribution < -0.4 is 4.90 Å². The fourth-order valence-electron chi connectivity index (χ4n) is 8.02. The number of fused-ring (bicyclic) bond motifs is 9. The van der Waals surface area contributed by atoms with Crippen molar-refractivity contribution in [2.24, 2.45) is 0 Å². The molecule has 8 aromatic carbocycles. The van der Waals surface area contributed by atoms with Crippen molar-refractivity contribution in [2.45, 2.75) is 0 Å². The number of furan rings is 3. The molecule has 11 aromatic rings. The second-order valence-electron chi connectivity index (χ2n) is 13.2. The average Bonchev–Trinajstić information content (AvgIpc) is 3.91. The first-order chi connectivity index (χ1) is 25.8. The van der Waals surface area contributed by atoms with Crippen molar-refractivity contribution in [1.82, 2.24) is 0 Å². The number of anilines is 3. The van der Waals surface area contributed by atoms with E-state index in [0.717, 1.165) is 105 Å². The van der Waals surface area contributed by atoms with Crippen LogP contribution in [0.1, 0.15) is 0 Å². The van der Waals surface area contributed by atoms with Crippen molar-refractivity contribution < 1.29 is 13.3 Å². The zero-order chi connectivity index (χ0) is 34.2. The summed E-state index contributed by atoms with van der Waals surface area (Å²) in [5.41, 5.74) is 12.3. The molecule has 0 aliphatic heterocycles. The number of hydrogen-bond donors (Lipinski definition) is 0. The molecular weight excluding hydrogens is 639 g/mol. The van der Waals surface area contributed by atoms with Gasteiger partial charge in [0, 0.05) is 60.4 Å². The average molecular weight is 668 g/mol. The topological polar surface area (TPSA) is 42.7 Å². The minimum Gasteiger partial charge on any atom is -0.455 e. The highest BCUT2D eigenvalue weighted by Gasteiger charge is 2.23. The molecule has 0 unspecified atom stereocenters. The summed E-state index contributed by atoms with van der Waals surface area (Å²) in [6, 6.07) is 61.0. The van der Waals surface area contributed by atoms with Crippen LogP contribution in [0.2, 0.25) is 0 Å². The Balaban J connectivity index is 1.14. The van der Waals surface area contributed by atoms with E-state index in [1.807, 2.05) is 24.3 Å². The maximum Gasteiger partial charge on any atom is 0.159 e. The lowest BCUT2D eigenvalue weighted by molar-refractivity contribution is 0.665. The van der Waals surface area contributed by atoms with Crippen LogP contribution in [-0.2, 0) is 0 Å². The third kappa shape index (κ3) is 4.21. The van der Waals surface area contributed by atoms with Gasteiger partial charge in [-0.3, -0.25) is 0 Å². The number of benzene rings is 8. The van der Waals surface area contributed by atoms with Crippen molar-refractivity contribution in [3.63, 3.8) is 0 Å². The predicted octanol–water partition coefficient (Wildman–Crippen LogP) is 14.2. The first kappa shape index (κ1) is 28.8. The lowest BCUT2D eigenvalue weighted by atomic mass is 9.95. The van der Waals surface area contributed by atoms with Gasteiger partial charge in [0.2, 0.25) is 0 Å². The minimum absolute atomic E-state index is 0.824. The zero-order valence-corrected chi connectivity index (χ0v) is 27.9. The minimum atomic E-state index is 0.824. The SMILES string of the molecule is c1ccc(N(c2ccccc2)c2cccc3c2oc2c(-c4cccc5oc6c(-c7cccc8c7oc7ccccc78)cccc6c45)cccc23)cc1. The van der Waals surface area contributed by atoms with E-state index >= 15 is 0 Å².